The van der Waals surface area contributed by atoms with Crippen LogP contribution in [-0.2, 0) is 16.1 Å². The molecule has 2 heterocycles. The number of hydrogen-bond donors (Lipinski definition) is 2. The zero-order valence-corrected chi connectivity index (χ0v) is 16.9. The molecule has 1 atom stereocenters. The fourth-order valence-electron chi connectivity index (χ4n) is 3.31. The number of aromatic hydroxyl groups is 1. The average molecular weight is 428 g/mol. The molecule has 0 saturated carbocycles. The maximum atomic E-state index is 13.3. The van der Waals surface area contributed by atoms with Gasteiger partial charge in [-0.05, 0) is 43.2 Å². The van der Waals surface area contributed by atoms with Gasteiger partial charge in [-0.2, -0.15) is 0 Å². The van der Waals surface area contributed by atoms with Crippen molar-refractivity contribution >= 4 is 23.4 Å². The summed E-state index contributed by atoms with van der Waals surface area (Å²) in [6.07, 6.45) is 1.96. The summed E-state index contributed by atoms with van der Waals surface area (Å²) in [5, 5.41) is 22.0. The van der Waals surface area contributed by atoms with Crippen LogP contribution < -0.4 is 5.32 Å². The van der Waals surface area contributed by atoms with Crippen LogP contribution in [0, 0.1) is 5.82 Å². The maximum Gasteiger partial charge on any atom is 0.234 e. The lowest BCUT2D eigenvalue weighted by Gasteiger charge is -2.15. The van der Waals surface area contributed by atoms with Gasteiger partial charge in [0.15, 0.2) is 11.0 Å². The molecular formula is C21H21FN4O3S. The second-order valence-corrected chi connectivity index (χ2v) is 7.86. The van der Waals surface area contributed by atoms with Crippen LogP contribution in [0.1, 0.15) is 12.8 Å². The van der Waals surface area contributed by atoms with Crippen LogP contribution in [0.4, 0.5) is 10.1 Å². The van der Waals surface area contributed by atoms with Crippen LogP contribution in [0.5, 0.6) is 5.75 Å². The third-order valence-corrected chi connectivity index (χ3v) is 5.68. The lowest BCUT2D eigenvalue weighted by Crippen LogP contribution is -2.18. The topological polar surface area (TPSA) is 89.3 Å². The molecule has 1 aliphatic rings. The van der Waals surface area contributed by atoms with Gasteiger partial charge in [0.1, 0.15) is 11.6 Å². The number of aromatic nitrogens is 3. The van der Waals surface area contributed by atoms with E-state index in [4.69, 9.17) is 4.74 Å². The summed E-state index contributed by atoms with van der Waals surface area (Å²) in [4.78, 5) is 12.3. The molecular weight excluding hydrogens is 407 g/mol. The predicted octanol–water partition coefficient (Wildman–Crippen LogP) is 3.70. The van der Waals surface area contributed by atoms with E-state index in [2.05, 4.69) is 15.5 Å². The maximum absolute atomic E-state index is 13.3. The third kappa shape index (κ3) is 4.80. The Bertz CT molecular complexity index is 1040. The van der Waals surface area contributed by atoms with E-state index in [9.17, 15) is 14.3 Å². The summed E-state index contributed by atoms with van der Waals surface area (Å²) in [5.74, 6) is 0.0296. The second kappa shape index (κ2) is 9.27. The number of benzene rings is 2. The molecule has 0 radical (unpaired) electrons. The molecule has 1 aliphatic heterocycles. The highest BCUT2D eigenvalue weighted by Crippen LogP contribution is 2.31. The Balaban J connectivity index is 1.52. The first-order valence-electron chi connectivity index (χ1n) is 9.61. The molecule has 0 aliphatic carbocycles. The van der Waals surface area contributed by atoms with Gasteiger partial charge in [0.2, 0.25) is 5.91 Å². The Kier molecular flexibility index (Phi) is 6.29. The quantitative estimate of drug-likeness (QED) is 0.558. The van der Waals surface area contributed by atoms with E-state index >= 15 is 0 Å². The van der Waals surface area contributed by atoms with Crippen LogP contribution >= 0.6 is 11.8 Å². The predicted molar refractivity (Wildman–Crippen MR) is 112 cm³/mol. The van der Waals surface area contributed by atoms with Gasteiger partial charge in [-0.1, -0.05) is 30.0 Å². The van der Waals surface area contributed by atoms with Gasteiger partial charge in [-0.25, -0.2) is 4.39 Å². The number of phenolic OH excluding ortho intramolecular Hbond substituents is 1. The molecule has 1 saturated heterocycles. The molecule has 2 N–H and O–H groups in total. The number of rotatable bonds is 7. The summed E-state index contributed by atoms with van der Waals surface area (Å²) in [5.41, 5.74) is 0.968. The number of anilines is 1. The minimum absolute atomic E-state index is 0.0334. The van der Waals surface area contributed by atoms with Crippen molar-refractivity contribution in [3.63, 3.8) is 0 Å². The van der Waals surface area contributed by atoms with Crippen molar-refractivity contribution in [2.24, 2.45) is 0 Å². The van der Waals surface area contributed by atoms with Crippen molar-refractivity contribution in [2.75, 3.05) is 17.7 Å². The van der Waals surface area contributed by atoms with Crippen molar-refractivity contribution in [1.29, 1.82) is 0 Å². The largest absolute Gasteiger partial charge is 0.507 e. The molecule has 0 spiro atoms. The Morgan fingerprint density at radius 3 is 2.90 bits per heavy atom. The zero-order chi connectivity index (χ0) is 20.9. The van der Waals surface area contributed by atoms with E-state index < -0.39 is 5.82 Å². The number of halogens is 1. The zero-order valence-electron chi connectivity index (χ0n) is 16.1. The fraction of sp³-hybridized carbons (Fsp3) is 0.286. The van der Waals surface area contributed by atoms with E-state index in [0.29, 0.717) is 28.8 Å². The van der Waals surface area contributed by atoms with Crippen molar-refractivity contribution in [3.05, 3.63) is 54.3 Å². The number of ether oxygens (including phenoxy) is 1. The molecule has 1 aromatic heterocycles. The summed E-state index contributed by atoms with van der Waals surface area (Å²) in [6.45, 7) is 1.25. The van der Waals surface area contributed by atoms with E-state index in [0.717, 1.165) is 19.4 Å². The van der Waals surface area contributed by atoms with Gasteiger partial charge < -0.3 is 15.2 Å². The molecule has 1 fully saturated rings. The van der Waals surface area contributed by atoms with Crippen LogP contribution in [0.3, 0.4) is 0 Å². The van der Waals surface area contributed by atoms with Gasteiger partial charge in [0.25, 0.3) is 0 Å². The Hall–Kier alpha value is -2.91. The number of para-hydroxylation sites is 1. The lowest BCUT2D eigenvalue weighted by atomic mass is 10.2. The number of thioether (sulfide) groups is 1. The number of carbonyl (C=O) groups excluding carboxylic acids is 1. The molecule has 2 aromatic carbocycles. The number of nitrogens with one attached hydrogen (secondary N) is 1. The third-order valence-electron chi connectivity index (χ3n) is 4.71. The molecule has 30 heavy (non-hydrogen) atoms. The summed E-state index contributed by atoms with van der Waals surface area (Å²) in [7, 11) is 0. The van der Waals surface area contributed by atoms with Crippen molar-refractivity contribution in [3.8, 4) is 17.1 Å². The summed E-state index contributed by atoms with van der Waals surface area (Å²) < 4.78 is 20.9. The first-order valence-corrected chi connectivity index (χ1v) is 10.6. The normalized spacial score (nSPS) is 16.0. The number of carbonyl (C=O) groups is 1. The van der Waals surface area contributed by atoms with Gasteiger partial charge in [0.05, 0.1) is 24.0 Å². The van der Waals surface area contributed by atoms with Crippen LogP contribution in [-0.4, -0.2) is 44.2 Å². The Morgan fingerprint density at radius 2 is 2.13 bits per heavy atom. The van der Waals surface area contributed by atoms with Crippen molar-refractivity contribution < 1.29 is 19.0 Å². The highest BCUT2D eigenvalue weighted by molar-refractivity contribution is 7.99. The number of hydrogen-bond acceptors (Lipinski definition) is 6. The SMILES string of the molecule is O=C(CSc1nnc(-c2ccccc2O)n1CC1CCCO1)Nc1cccc(F)c1. The minimum atomic E-state index is -0.413. The molecule has 0 bridgehead atoms. The highest BCUT2D eigenvalue weighted by Gasteiger charge is 2.23. The monoisotopic (exact) mass is 428 g/mol. The molecule has 3 aromatic rings. The van der Waals surface area contributed by atoms with Crippen molar-refractivity contribution in [2.45, 2.75) is 30.6 Å². The average Bonchev–Trinajstić information content (AvgIpc) is 3.37. The number of nitrogens with zero attached hydrogens (tertiary/aromatic N) is 3. The van der Waals surface area contributed by atoms with E-state index in [1.807, 2.05) is 10.6 Å². The van der Waals surface area contributed by atoms with Gasteiger partial charge in [-0.3, -0.25) is 9.36 Å². The summed E-state index contributed by atoms with van der Waals surface area (Å²) >= 11 is 1.23. The van der Waals surface area contributed by atoms with E-state index in [1.54, 1.807) is 24.3 Å². The van der Waals surface area contributed by atoms with Crippen molar-refractivity contribution in [1.82, 2.24) is 14.8 Å². The van der Waals surface area contributed by atoms with Gasteiger partial charge >= 0.3 is 0 Å². The molecule has 1 unspecified atom stereocenters. The smallest absolute Gasteiger partial charge is 0.234 e. The Labute approximate surface area is 177 Å². The molecule has 7 nitrogen and oxygen atoms in total. The van der Waals surface area contributed by atoms with E-state index in [-0.39, 0.29) is 23.5 Å². The second-order valence-electron chi connectivity index (χ2n) is 6.92. The minimum Gasteiger partial charge on any atom is -0.507 e. The molecule has 156 valence electrons. The highest BCUT2D eigenvalue weighted by atomic mass is 32.2. The van der Waals surface area contributed by atoms with Crippen LogP contribution in [0.2, 0.25) is 0 Å². The number of amides is 1. The first-order chi connectivity index (χ1) is 14.6. The van der Waals surface area contributed by atoms with Crippen LogP contribution in [0.25, 0.3) is 11.4 Å². The lowest BCUT2D eigenvalue weighted by molar-refractivity contribution is -0.113. The van der Waals surface area contributed by atoms with Gasteiger partial charge in [0, 0.05) is 12.3 Å². The fourth-order valence-corrected chi connectivity index (χ4v) is 4.06. The van der Waals surface area contributed by atoms with Crippen LogP contribution in [0.15, 0.2) is 53.7 Å². The number of phenols is 1. The molecule has 9 heteroatoms. The molecule has 4 rings (SSSR count). The summed E-state index contributed by atoms with van der Waals surface area (Å²) in [6, 6.07) is 12.7. The first kappa shape index (κ1) is 20.4. The van der Waals surface area contributed by atoms with Gasteiger partial charge in [-0.15, -0.1) is 10.2 Å². The Morgan fingerprint density at radius 1 is 1.27 bits per heavy atom. The standard InChI is InChI=1S/C21H21FN4O3S/c22-14-5-3-6-15(11-14)23-19(28)13-30-21-25-24-20(17-8-1-2-9-18(17)27)26(21)12-16-7-4-10-29-16/h1-3,5-6,8-9,11,16,27H,4,7,10,12-13H2,(H,23,28). The van der Waals surface area contributed by atoms with E-state index in [1.165, 1.54) is 30.0 Å². The molecule has 1 amide bonds.